The molecule has 2 aliphatic heterocycles. The number of benzene rings is 1. The molecule has 0 unspecified atom stereocenters. The molecular formula is C27H34BrN7O10. The minimum Gasteiger partial charge on any atom is -0.481 e. The Balaban J connectivity index is 1.98. The van der Waals surface area contributed by atoms with Gasteiger partial charge in [0.25, 0.3) is 5.91 Å². The lowest BCUT2D eigenvalue weighted by Crippen LogP contribution is -2.58. The van der Waals surface area contributed by atoms with Gasteiger partial charge < -0.3 is 37.4 Å². The van der Waals surface area contributed by atoms with Crippen molar-refractivity contribution in [3.8, 4) is 0 Å². The number of amides is 4. The van der Waals surface area contributed by atoms with E-state index in [4.69, 9.17) is 16.6 Å². The molecule has 3 rings (SSSR count). The highest BCUT2D eigenvalue weighted by atomic mass is 79.9. The van der Waals surface area contributed by atoms with Crippen molar-refractivity contribution >= 4 is 63.4 Å². The summed E-state index contributed by atoms with van der Waals surface area (Å²) in [5, 5.41) is 36.0. The summed E-state index contributed by atoms with van der Waals surface area (Å²) < 4.78 is 0.725. The minimum absolute atomic E-state index is 0.0279. The first-order chi connectivity index (χ1) is 21.0. The molecule has 0 spiro atoms. The van der Waals surface area contributed by atoms with Crippen LogP contribution in [0.2, 0.25) is 0 Å². The van der Waals surface area contributed by atoms with Gasteiger partial charge in [-0.1, -0.05) is 28.1 Å². The summed E-state index contributed by atoms with van der Waals surface area (Å²) in [5.74, 6) is -11.5. The van der Waals surface area contributed by atoms with Gasteiger partial charge in [0.05, 0.1) is 18.3 Å². The number of nitrogens with two attached hydrogens (primary N) is 2. The van der Waals surface area contributed by atoms with E-state index < -0.39 is 89.5 Å². The molecule has 2 heterocycles. The van der Waals surface area contributed by atoms with Crippen LogP contribution in [-0.4, -0.2) is 97.9 Å². The van der Waals surface area contributed by atoms with E-state index >= 15 is 0 Å². The fourth-order valence-electron chi connectivity index (χ4n) is 5.59. The summed E-state index contributed by atoms with van der Waals surface area (Å²) >= 11 is 3.31. The van der Waals surface area contributed by atoms with Gasteiger partial charge in [0, 0.05) is 17.1 Å². The van der Waals surface area contributed by atoms with Crippen LogP contribution in [0, 0.1) is 11.8 Å². The van der Waals surface area contributed by atoms with Gasteiger partial charge in [-0.2, -0.15) is 0 Å². The van der Waals surface area contributed by atoms with Gasteiger partial charge in [-0.25, -0.2) is 0 Å². The first kappa shape index (κ1) is 34.9. The molecule has 0 saturated carbocycles. The monoisotopic (exact) mass is 695 g/mol. The lowest BCUT2D eigenvalue weighted by Gasteiger charge is -2.30. The number of aliphatic imine (C=N–C) groups is 1. The molecule has 45 heavy (non-hydrogen) atoms. The number of nitrogens with one attached hydrogen (secondary N) is 3. The predicted octanol–water partition coefficient (Wildman–Crippen LogP) is -1.49. The first-order valence-electron chi connectivity index (χ1n) is 13.7. The third-order valence-electron chi connectivity index (χ3n) is 7.76. The van der Waals surface area contributed by atoms with Crippen LogP contribution in [0.15, 0.2) is 33.7 Å². The molecule has 0 aromatic heterocycles. The molecule has 0 bridgehead atoms. The second-order valence-electron chi connectivity index (χ2n) is 10.9. The molecule has 18 heteroatoms. The van der Waals surface area contributed by atoms with Crippen molar-refractivity contribution in [1.82, 2.24) is 20.9 Å². The van der Waals surface area contributed by atoms with Crippen molar-refractivity contribution in [2.45, 2.75) is 62.8 Å². The number of fused-ring (bicyclic) bond motifs is 1. The molecule has 2 fully saturated rings. The lowest BCUT2D eigenvalue weighted by molar-refractivity contribution is -0.153. The van der Waals surface area contributed by atoms with Crippen molar-refractivity contribution in [1.29, 1.82) is 0 Å². The molecular weight excluding hydrogens is 662 g/mol. The molecule has 7 atom stereocenters. The summed E-state index contributed by atoms with van der Waals surface area (Å²) in [6, 6.07) is 0.868. The summed E-state index contributed by atoms with van der Waals surface area (Å²) in [7, 11) is 0. The number of carbonyl (C=O) groups excluding carboxylic acids is 4. The normalized spacial score (nSPS) is 24.2. The number of hydrogen-bond acceptors (Lipinski definition) is 9. The maximum atomic E-state index is 14.0. The molecule has 1 aromatic carbocycles. The van der Waals surface area contributed by atoms with Crippen LogP contribution in [0.1, 0.15) is 44.7 Å². The number of likely N-dealkylation sites (tertiary alicyclic amines) is 1. The van der Waals surface area contributed by atoms with Crippen molar-refractivity contribution < 1.29 is 48.9 Å². The zero-order chi connectivity index (χ0) is 33.8. The second kappa shape index (κ2) is 14.0. The Labute approximate surface area is 264 Å². The van der Waals surface area contributed by atoms with Crippen molar-refractivity contribution in [2.24, 2.45) is 28.3 Å². The van der Waals surface area contributed by atoms with Crippen LogP contribution < -0.4 is 27.4 Å². The second-order valence-corrected chi connectivity index (χ2v) is 11.8. The highest BCUT2D eigenvalue weighted by Crippen LogP contribution is 2.49. The average molecular weight is 697 g/mol. The number of guanidine groups is 1. The van der Waals surface area contributed by atoms with E-state index in [1.54, 1.807) is 24.3 Å². The standard InChI is InChI=1S/C27H34BrN7O10/c1-11(23(41)42)32-20(38)14(10-16(36)37)33-21(39)15(4-3-9-31-26(29)30)35-22(40)18-17(24(43)44)19(34-27(18,2)25(35)45)12-5-7-13(28)8-6-12/h5-8,11,14-15,17-19,34H,3-4,9-10H2,1-2H3,(H,32,38)(H,33,39)(H,36,37)(H,41,42)(H,43,44)(H4,29,30,31)/t11-,14-,15-,17-,18-,19-,27-/m0/s1. The van der Waals surface area contributed by atoms with Gasteiger partial charge >= 0.3 is 17.9 Å². The number of carboxylic acid groups (broad SMARTS) is 3. The SMILES string of the molecule is C[C@H](NC(=O)[C@H](CC(=O)O)NC(=O)[C@H](CCCN=C(N)N)N1C(=O)[C@@H]2[C@H](C(=O)O)[C@H](c3ccc(Br)cc3)N[C@]2(C)C1=O)C(=O)O. The summed E-state index contributed by atoms with van der Waals surface area (Å²) in [4.78, 5) is 94.0. The van der Waals surface area contributed by atoms with E-state index in [1.165, 1.54) is 6.92 Å². The molecule has 10 N–H and O–H groups in total. The molecule has 2 aliphatic rings. The van der Waals surface area contributed by atoms with Gasteiger partial charge in [-0.3, -0.25) is 48.8 Å². The van der Waals surface area contributed by atoms with Gasteiger partial charge in [-0.05, 0) is 44.4 Å². The highest BCUT2D eigenvalue weighted by molar-refractivity contribution is 9.10. The molecule has 244 valence electrons. The van der Waals surface area contributed by atoms with Gasteiger partial charge in [-0.15, -0.1) is 0 Å². The summed E-state index contributed by atoms with van der Waals surface area (Å²) in [5.41, 5.74) is 9.48. The number of hydrogen-bond donors (Lipinski definition) is 8. The molecule has 2 saturated heterocycles. The molecule has 0 radical (unpaired) electrons. The first-order valence-corrected chi connectivity index (χ1v) is 14.5. The fraction of sp³-hybridized carbons (Fsp3) is 0.481. The quantitative estimate of drug-likeness (QED) is 0.0477. The number of nitrogens with zero attached hydrogens (tertiary/aromatic N) is 2. The van der Waals surface area contributed by atoms with Crippen molar-refractivity contribution in [3.63, 3.8) is 0 Å². The maximum Gasteiger partial charge on any atom is 0.325 e. The number of carbonyl (C=O) groups is 7. The molecule has 17 nitrogen and oxygen atoms in total. The Morgan fingerprint density at radius 2 is 1.69 bits per heavy atom. The highest BCUT2D eigenvalue weighted by Gasteiger charge is 2.68. The van der Waals surface area contributed by atoms with E-state index in [-0.39, 0.29) is 25.3 Å². The zero-order valence-electron chi connectivity index (χ0n) is 24.2. The van der Waals surface area contributed by atoms with Crippen LogP contribution in [0.5, 0.6) is 0 Å². The van der Waals surface area contributed by atoms with Crippen molar-refractivity contribution in [2.75, 3.05) is 6.54 Å². The maximum absolute atomic E-state index is 14.0. The number of imide groups is 1. The molecule has 1 aromatic rings. The Morgan fingerprint density at radius 3 is 2.22 bits per heavy atom. The van der Waals surface area contributed by atoms with Crippen LogP contribution in [-0.2, 0) is 33.6 Å². The topological polar surface area (TPSA) is 284 Å². The Morgan fingerprint density at radius 1 is 1.07 bits per heavy atom. The predicted molar refractivity (Wildman–Crippen MR) is 158 cm³/mol. The Bertz CT molecular complexity index is 1420. The fourth-order valence-corrected chi connectivity index (χ4v) is 5.85. The van der Waals surface area contributed by atoms with Crippen LogP contribution in [0.25, 0.3) is 0 Å². The number of rotatable bonds is 14. The van der Waals surface area contributed by atoms with E-state index in [1.807, 2.05) is 0 Å². The van der Waals surface area contributed by atoms with E-state index in [0.717, 1.165) is 11.4 Å². The van der Waals surface area contributed by atoms with Crippen molar-refractivity contribution in [3.05, 3.63) is 34.3 Å². The Kier molecular flexibility index (Phi) is 10.9. The number of aliphatic carboxylic acids is 3. The third-order valence-corrected chi connectivity index (χ3v) is 8.29. The summed E-state index contributed by atoms with van der Waals surface area (Å²) in [6.07, 6.45) is -1.16. The molecule has 0 aliphatic carbocycles. The van der Waals surface area contributed by atoms with Crippen LogP contribution in [0.3, 0.4) is 0 Å². The van der Waals surface area contributed by atoms with E-state index in [2.05, 4.69) is 36.9 Å². The van der Waals surface area contributed by atoms with Crippen LogP contribution >= 0.6 is 15.9 Å². The number of carboxylic acids is 3. The average Bonchev–Trinajstić information content (AvgIpc) is 3.36. The smallest absolute Gasteiger partial charge is 0.325 e. The van der Waals surface area contributed by atoms with E-state index in [0.29, 0.717) is 10.5 Å². The molecule has 4 amide bonds. The Hall–Kier alpha value is -4.58. The number of halogens is 1. The van der Waals surface area contributed by atoms with Gasteiger partial charge in [0.1, 0.15) is 23.7 Å². The van der Waals surface area contributed by atoms with E-state index in [9.17, 15) is 43.8 Å². The zero-order valence-corrected chi connectivity index (χ0v) is 25.8. The minimum atomic E-state index is -1.79. The van der Waals surface area contributed by atoms with Gasteiger partial charge in [0.2, 0.25) is 17.7 Å². The lowest BCUT2D eigenvalue weighted by atomic mass is 9.80. The van der Waals surface area contributed by atoms with Crippen LogP contribution in [0.4, 0.5) is 0 Å². The summed E-state index contributed by atoms with van der Waals surface area (Å²) in [6.45, 7) is 2.47. The third kappa shape index (κ3) is 7.56. The largest absolute Gasteiger partial charge is 0.481 e. The van der Waals surface area contributed by atoms with Gasteiger partial charge in [0.15, 0.2) is 5.96 Å².